The first-order valence-corrected chi connectivity index (χ1v) is 7.84. The molecule has 3 amide bonds. The van der Waals surface area contributed by atoms with E-state index in [4.69, 9.17) is 0 Å². The Morgan fingerprint density at radius 2 is 1.83 bits per heavy atom. The Morgan fingerprint density at radius 1 is 1.12 bits per heavy atom. The average molecular weight is 341 g/mol. The zero-order chi connectivity index (χ0) is 17.3. The highest BCUT2D eigenvalue weighted by Gasteiger charge is 2.44. The molecule has 0 heterocycles. The number of alkyl halides is 3. The number of carbonyl (C=O) groups is 2. The highest BCUT2D eigenvalue weighted by atomic mass is 19.4. The van der Waals surface area contributed by atoms with E-state index in [1.54, 1.807) is 6.07 Å². The maximum absolute atomic E-state index is 13.0. The average Bonchev–Trinajstić information content (AvgIpc) is 3.41. The van der Waals surface area contributed by atoms with Crippen molar-refractivity contribution in [3.8, 4) is 0 Å². The van der Waals surface area contributed by atoms with Gasteiger partial charge in [0.25, 0.3) is 0 Å². The van der Waals surface area contributed by atoms with Crippen molar-refractivity contribution >= 4 is 11.9 Å². The van der Waals surface area contributed by atoms with Gasteiger partial charge in [-0.25, -0.2) is 4.79 Å². The summed E-state index contributed by atoms with van der Waals surface area (Å²) in [6, 6.07) is 4.88. The van der Waals surface area contributed by atoms with Crippen LogP contribution < -0.4 is 16.0 Å². The van der Waals surface area contributed by atoms with E-state index in [2.05, 4.69) is 16.0 Å². The third-order valence-electron chi connectivity index (χ3n) is 4.12. The lowest BCUT2D eigenvalue weighted by atomic mass is 10.0. The highest BCUT2D eigenvalue weighted by Crippen LogP contribution is 2.46. The lowest BCUT2D eigenvalue weighted by molar-refractivity contribution is -0.138. The topological polar surface area (TPSA) is 70.2 Å². The summed E-state index contributed by atoms with van der Waals surface area (Å²) in [7, 11) is 0. The Morgan fingerprint density at radius 3 is 2.50 bits per heavy atom. The van der Waals surface area contributed by atoms with Crippen LogP contribution in [0.25, 0.3) is 0 Å². The largest absolute Gasteiger partial charge is 0.416 e. The van der Waals surface area contributed by atoms with Crippen molar-refractivity contribution in [3.63, 3.8) is 0 Å². The maximum atomic E-state index is 13.0. The summed E-state index contributed by atoms with van der Waals surface area (Å²) >= 11 is 0. The predicted octanol–water partition coefficient (Wildman–Crippen LogP) is 2.14. The van der Waals surface area contributed by atoms with Gasteiger partial charge in [0.2, 0.25) is 5.91 Å². The molecule has 2 aliphatic carbocycles. The molecular weight excluding hydrogens is 323 g/mol. The van der Waals surface area contributed by atoms with E-state index in [-0.39, 0.29) is 30.1 Å². The fraction of sp³-hybridized carbons (Fsp3) is 0.500. The van der Waals surface area contributed by atoms with Crippen molar-refractivity contribution < 1.29 is 22.8 Å². The fourth-order valence-corrected chi connectivity index (χ4v) is 2.66. The Kier molecular flexibility index (Phi) is 4.38. The molecule has 2 saturated carbocycles. The zero-order valence-corrected chi connectivity index (χ0v) is 12.8. The van der Waals surface area contributed by atoms with Crippen LogP contribution in [0.15, 0.2) is 24.3 Å². The van der Waals surface area contributed by atoms with Crippen LogP contribution in [0.2, 0.25) is 0 Å². The molecule has 2 atom stereocenters. The zero-order valence-electron chi connectivity index (χ0n) is 12.8. The van der Waals surface area contributed by atoms with Gasteiger partial charge in [-0.2, -0.15) is 13.2 Å². The quantitative estimate of drug-likeness (QED) is 0.768. The van der Waals surface area contributed by atoms with Gasteiger partial charge in [0.05, 0.1) is 12.1 Å². The second-order valence-electron chi connectivity index (χ2n) is 6.20. The lowest BCUT2D eigenvalue weighted by Crippen LogP contribution is -2.43. The smallest absolute Gasteiger partial charge is 0.351 e. The van der Waals surface area contributed by atoms with Gasteiger partial charge < -0.3 is 16.0 Å². The molecule has 0 bridgehead atoms. The molecule has 0 unspecified atom stereocenters. The van der Waals surface area contributed by atoms with Crippen LogP contribution in [0.5, 0.6) is 0 Å². The molecule has 0 spiro atoms. The number of benzene rings is 1. The van der Waals surface area contributed by atoms with Gasteiger partial charge in [0.15, 0.2) is 0 Å². The second kappa shape index (κ2) is 6.33. The minimum absolute atomic E-state index is 0.192. The third-order valence-corrected chi connectivity index (χ3v) is 4.12. The summed E-state index contributed by atoms with van der Waals surface area (Å²) < 4.78 is 39.0. The summed E-state index contributed by atoms with van der Waals surface area (Å²) in [6.07, 6.45) is -2.05. The Balaban J connectivity index is 1.49. The van der Waals surface area contributed by atoms with E-state index in [0.29, 0.717) is 6.42 Å². The minimum atomic E-state index is -4.41. The number of halogens is 3. The molecular formula is C16H18F3N3O2. The van der Waals surface area contributed by atoms with Crippen LogP contribution in [-0.4, -0.2) is 30.6 Å². The van der Waals surface area contributed by atoms with Gasteiger partial charge in [0, 0.05) is 18.0 Å². The van der Waals surface area contributed by atoms with Crippen molar-refractivity contribution in [1.82, 2.24) is 16.0 Å². The molecule has 0 aliphatic heterocycles. The van der Waals surface area contributed by atoms with Crippen LogP contribution in [0, 0.1) is 0 Å². The van der Waals surface area contributed by atoms with E-state index in [1.807, 2.05) is 0 Å². The van der Waals surface area contributed by atoms with E-state index in [1.165, 1.54) is 12.1 Å². The maximum Gasteiger partial charge on any atom is 0.416 e. The summed E-state index contributed by atoms with van der Waals surface area (Å²) in [6.45, 7) is -0.192. The Labute approximate surface area is 137 Å². The van der Waals surface area contributed by atoms with Gasteiger partial charge in [-0.05, 0) is 30.9 Å². The summed E-state index contributed by atoms with van der Waals surface area (Å²) in [5, 5.41) is 7.77. The highest BCUT2D eigenvalue weighted by molar-refractivity contribution is 5.84. The van der Waals surface area contributed by atoms with Gasteiger partial charge >= 0.3 is 12.2 Å². The van der Waals surface area contributed by atoms with Crippen molar-refractivity contribution in [3.05, 3.63) is 35.4 Å². The van der Waals surface area contributed by atoms with Gasteiger partial charge in [-0.1, -0.05) is 18.2 Å². The van der Waals surface area contributed by atoms with Crippen molar-refractivity contribution in [2.45, 2.75) is 43.4 Å². The molecule has 3 rings (SSSR count). The molecule has 1 aromatic carbocycles. The van der Waals surface area contributed by atoms with Crippen LogP contribution in [0.1, 0.15) is 36.3 Å². The number of urea groups is 1. The van der Waals surface area contributed by atoms with E-state index in [9.17, 15) is 22.8 Å². The predicted molar refractivity (Wildman–Crippen MR) is 80.3 cm³/mol. The normalized spacial score (nSPS) is 22.6. The molecule has 0 radical (unpaired) electrons. The number of amides is 3. The molecule has 3 N–H and O–H groups in total. The molecule has 0 aromatic heterocycles. The van der Waals surface area contributed by atoms with Gasteiger partial charge in [-0.3, -0.25) is 4.79 Å². The van der Waals surface area contributed by atoms with Crippen LogP contribution >= 0.6 is 0 Å². The van der Waals surface area contributed by atoms with E-state index >= 15 is 0 Å². The van der Waals surface area contributed by atoms with Crippen molar-refractivity contribution in [2.24, 2.45) is 0 Å². The first-order valence-electron chi connectivity index (χ1n) is 7.84. The molecule has 24 heavy (non-hydrogen) atoms. The molecule has 130 valence electrons. The van der Waals surface area contributed by atoms with E-state index in [0.717, 1.165) is 18.9 Å². The van der Waals surface area contributed by atoms with Crippen molar-refractivity contribution in [1.29, 1.82) is 0 Å². The SMILES string of the molecule is O=C(CNC(=O)NC1CC1)N[C@H]1C[C@@H]1c1ccccc1C(F)(F)F. The molecule has 0 saturated heterocycles. The minimum Gasteiger partial charge on any atom is -0.351 e. The third kappa shape index (κ3) is 4.18. The van der Waals surface area contributed by atoms with Crippen LogP contribution in [0.3, 0.4) is 0 Å². The number of rotatable bonds is 5. The number of nitrogens with one attached hydrogen (secondary N) is 3. The monoisotopic (exact) mass is 341 g/mol. The number of hydrogen-bond donors (Lipinski definition) is 3. The van der Waals surface area contributed by atoms with E-state index < -0.39 is 23.7 Å². The van der Waals surface area contributed by atoms with Gasteiger partial charge in [0.1, 0.15) is 0 Å². The molecule has 2 aliphatic rings. The first-order chi connectivity index (χ1) is 11.3. The van der Waals surface area contributed by atoms with Gasteiger partial charge in [-0.15, -0.1) is 0 Å². The standard InChI is InChI=1S/C16H18F3N3O2/c17-16(18,19)12-4-2-1-3-10(12)11-7-13(11)22-14(23)8-20-15(24)21-9-5-6-9/h1-4,9,11,13H,5-8H2,(H,22,23)(H2,20,21,24)/t11-,13+/m1/s1. The summed E-state index contributed by atoms with van der Waals surface area (Å²) in [4.78, 5) is 23.2. The second-order valence-corrected chi connectivity index (χ2v) is 6.20. The van der Waals surface area contributed by atoms with Crippen LogP contribution in [-0.2, 0) is 11.0 Å². The molecule has 2 fully saturated rings. The van der Waals surface area contributed by atoms with Crippen LogP contribution in [0.4, 0.5) is 18.0 Å². The summed E-state index contributed by atoms with van der Waals surface area (Å²) in [5.74, 6) is -0.745. The molecule has 1 aromatic rings. The fourth-order valence-electron chi connectivity index (χ4n) is 2.66. The molecule has 8 heteroatoms. The number of carbonyl (C=O) groups excluding carboxylic acids is 2. The lowest BCUT2D eigenvalue weighted by Gasteiger charge is -2.13. The first kappa shape index (κ1) is 16.6. The Bertz CT molecular complexity index is 644. The van der Waals surface area contributed by atoms with Crippen molar-refractivity contribution in [2.75, 3.05) is 6.54 Å². The number of hydrogen-bond acceptors (Lipinski definition) is 2. The molecule has 5 nitrogen and oxygen atoms in total. The summed E-state index contributed by atoms with van der Waals surface area (Å²) in [5.41, 5.74) is -0.455. The Hall–Kier alpha value is -2.25.